The van der Waals surface area contributed by atoms with Crippen LogP contribution in [0, 0.1) is 10.1 Å². The summed E-state index contributed by atoms with van der Waals surface area (Å²) in [7, 11) is 2.84. The number of methoxy groups -OCH3 is 1. The Morgan fingerprint density at radius 1 is 1.11 bits per heavy atom. The van der Waals surface area contributed by atoms with E-state index in [-0.39, 0.29) is 17.1 Å². The predicted molar refractivity (Wildman–Crippen MR) is 102 cm³/mol. The zero-order chi connectivity index (χ0) is 20.0. The van der Waals surface area contributed by atoms with E-state index < -0.39 is 16.2 Å². The van der Waals surface area contributed by atoms with Gasteiger partial charge in [0.1, 0.15) is 5.75 Å². The average Bonchev–Trinajstić information content (AvgIpc) is 2.70. The van der Waals surface area contributed by atoms with Crippen LogP contribution in [-0.4, -0.2) is 26.2 Å². The molecule has 0 fully saturated rings. The number of nitrogens with zero attached hydrogens (tertiary/aromatic N) is 4. The molecule has 2 aromatic rings. The predicted octanol–water partition coefficient (Wildman–Crippen LogP) is 2.11. The van der Waals surface area contributed by atoms with E-state index in [0.29, 0.717) is 22.3 Å². The Morgan fingerprint density at radius 3 is 2.57 bits per heavy atom. The fraction of sp³-hybridized carbons (Fsp3) is 0.105. The van der Waals surface area contributed by atoms with Crippen molar-refractivity contribution in [2.24, 2.45) is 7.05 Å². The monoisotopic (exact) mass is 378 g/mol. The molecule has 140 valence electrons. The number of aromatic nitrogens is 3. The van der Waals surface area contributed by atoms with Gasteiger partial charge in [-0.25, -0.2) is 4.79 Å². The highest BCUT2D eigenvalue weighted by Gasteiger charge is 2.22. The molecule has 2 aliphatic rings. The molecule has 0 bridgehead atoms. The molecule has 2 heterocycles. The van der Waals surface area contributed by atoms with Gasteiger partial charge >= 0.3 is 5.69 Å². The minimum atomic E-state index is -0.692. The van der Waals surface area contributed by atoms with Crippen LogP contribution in [0.3, 0.4) is 0 Å². The zero-order valence-electron chi connectivity index (χ0n) is 14.9. The van der Waals surface area contributed by atoms with Gasteiger partial charge in [0.2, 0.25) is 0 Å². The van der Waals surface area contributed by atoms with Gasteiger partial charge in [0.25, 0.3) is 11.2 Å². The van der Waals surface area contributed by atoms with E-state index in [2.05, 4.69) is 4.98 Å². The lowest BCUT2D eigenvalue weighted by Crippen LogP contribution is -2.35. The number of nitro groups is 1. The van der Waals surface area contributed by atoms with Crippen molar-refractivity contribution in [3.05, 3.63) is 79.5 Å². The molecular weight excluding hydrogens is 364 g/mol. The van der Waals surface area contributed by atoms with E-state index in [9.17, 15) is 19.7 Å². The largest absolute Gasteiger partial charge is 0.495 e. The van der Waals surface area contributed by atoms with Crippen molar-refractivity contribution in [2.75, 3.05) is 7.11 Å². The molecule has 0 aromatic heterocycles. The van der Waals surface area contributed by atoms with Crippen molar-refractivity contribution in [3.8, 4) is 22.8 Å². The number of rotatable bonds is 3. The Labute approximate surface area is 157 Å². The van der Waals surface area contributed by atoms with Gasteiger partial charge < -0.3 is 4.74 Å². The average molecular weight is 378 g/mol. The second-order valence-electron chi connectivity index (χ2n) is 6.15. The molecule has 0 amide bonds. The minimum absolute atomic E-state index is 0.108. The third-order valence-corrected chi connectivity index (χ3v) is 4.56. The van der Waals surface area contributed by atoms with Crippen molar-refractivity contribution >= 4 is 16.6 Å². The molecule has 0 atom stereocenters. The molecule has 2 aliphatic heterocycles. The van der Waals surface area contributed by atoms with Gasteiger partial charge in [-0.2, -0.15) is 4.98 Å². The molecule has 0 unspecified atom stereocenters. The summed E-state index contributed by atoms with van der Waals surface area (Å²) in [5.41, 5.74) is -0.0727. The van der Waals surface area contributed by atoms with E-state index >= 15 is 0 Å². The molecule has 28 heavy (non-hydrogen) atoms. The van der Waals surface area contributed by atoms with E-state index in [1.807, 2.05) is 0 Å². The first-order valence-corrected chi connectivity index (χ1v) is 8.26. The maximum absolute atomic E-state index is 12.7. The summed E-state index contributed by atoms with van der Waals surface area (Å²) in [5, 5.41) is 11.7. The number of nitro benzene ring substituents is 1. The molecule has 0 N–H and O–H groups in total. The number of hydrogen-bond acceptors (Lipinski definition) is 6. The number of hydrogen-bond donors (Lipinski definition) is 0. The molecule has 0 radical (unpaired) electrons. The maximum atomic E-state index is 12.7. The Hall–Kier alpha value is -4.01. The van der Waals surface area contributed by atoms with Crippen LogP contribution in [-0.2, 0) is 7.05 Å². The van der Waals surface area contributed by atoms with Crippen LogP contribution in [0.1, 0.15) is 0 Å². The Balaban J connectivity index is 2.26. The standard InChI is InChI=1S/C19H14N4O5/c1-21-18(24)13-10-11-9-12(23(26)27)7-8-14(11)22(17(13)20-19(21)25)15-5-3-4-6-16(15)28-2/h3-10H,1-2H3. The minimum Gasteiger partial charge on any atom is -0.495 e. The fourth-order valence-electron chi connectivity index (χ4n) is 3.19. The van der Waals surface area contributed by atoms with E-state index in [4.69, 9.17) is 4.74 Å². The highest BCUT2D eigenvalue weighted by Crippen LogP contribution is 2.33. The molecule has 4 rings (SSSR count). The SMILES string of the molecule is COc1ccccc1-n1c2nc(=O)n(C)c(=O)c-2cc2cc([N+](=O)[O-])ccc21. The number of benzene rings is 2. The van der Waals surface area contributed by atoms with Crippen LogP contribution in [0.4, 0.5) is 5.69 Å². The molecule has 2 aromatic carbocycles. The van der Waals surface area contributed by atoms with Gasteiger partial charge in [-0.15, -0.1) is 0 Å². The third-order valence-electron chi connectivity index (χ3n) is 4.56. The lowest BCUT2D eigenvalue weighted by molar-refractivity contribution is -0.384. The smallest absolute Gasteiger partial charge is 0.352 e. The van der Waals surface area contributed by atoms with Crippen molar-refractivity contribution in [1.82, 2.24) is 14.1 Å². The highest BCUT2D eigenvalue weighted by molar-refractivity contribution is 5.89. The van der Waals surface area contributed by atoms with Crippen LogP contribution < -0.4 is 16.0 Å². The molecular formula is C19H14N4O5. The Kier molecular flexibility index (Phi) is 3.92. The summed E-state index contributed by atoms with van der Waals surface area (Å²) in [4.78, 5) is 39.6. The lowest BCUT2D eigenvalue weighted by atomic mass is 10.1. The molecule has 0 saturated heterocycles. The van der Waals surface area contributed by atoms with Gasteiger partial charge in [0.05, 0.1) is 28.8 Å². The van der Waals surface area contributed by atoms with Crippen molar-refractivity contribution < 1.29 is 9.66 Å². The van der Waals surface area contributed by atoms with Crippen LogP contribution in [0.5, 0.6) is 5.75 Å². The van der Waals surface area contributed by atoms with Crippen molar-refractivity contribution in [1.29, 1.82) is 0 Å². The van der Waals surface area contributed by atoms with Gasteiger partial charge in [-0.3, -0.25) is 24.0 Å². The number of para-hydroxylation sites is 2. The summed E-state index contributed by atoms with van der Waals surface area (Å²) >= 11 is 0. The number of non-ortho nitro benzene ring substituents is 1. The first-order valence-electron chi connectivity index (χ1n) is 8.26. The number of pyridine rings is 1. The molecule has 0 saturated carbocycles. The van der Waals surface area contributed by atoms with E-state index in [1.165, 1.54) is 32.4 Å². The molecule has 9 nitrogen and oxygen atoms in total. The quantitative estimate of drug-likeness (QED) is 0.307. The summed E-state index contributed by atoms with van der Waals surface area (Å²) in [6, 6.07) is 12.9. The summed E-state index contributed by atoms with van der Waals surface area (Å²) in [5.74, 6) is 0.647. The number of ether oxygens (including phenoxy) is 1. The van der Waals surface area contributed by atoms with Gasteiger partial charge in [0.15, 0.2) is 5.82 Å². The number of fused-ring (bicyclic) bond motifs is 2. The lowest BCUT2D eigenvalue weighted by Gasteiger charge is -2.19. The highest BCUT2D eigenvalue weighted by atomic mass is 16.6. The zero-order valence-corrected chi connectivity index (χ0v) is 14.9. The van der Waals surface area contributed by atoms with Gasteiger partial charge in [-0.1, -0.05) is 12.1 Å². The fourth-order valence-corrected chi connectivity index (χ4v) is 3.19. The summed E-state index contributed by atoms with van der Waals surface area (Å²) in [6.07, 6.45) is 0. The van der Waals surface area contributed by atoms with Crippen LogP contribution in [0.25, 0.3) is 28.0 Å². The van der Waals surface area contributed by atoms with E-state index in [0.717, 1.165) is 4.57 Å². The molecule has 0 aliphatic carbocycles. The topological polar surface area (TPSA) is 109 Å². The van der Waals surface area contributed by atoms with E-state index in [1.54, 1.807) is 34.9 Å². The summed E-state index contributed by atoms with van der Waals surface area (Å²) in [6.45, 7) is 0. The first-order chi connectivity index (χ1) is 13.4. The van der Waals surface area contributed by atoms with Gasteiger partial charge in [0, 0.05) is 24.6 Å². The maximum Gasteiger partial charge on any atom is 0.352 e. The normalized spacial score (nSPS) is 11.1. The van der Waals surface area contributed by atoms with Crippen molar-refractivity contribution in [2.45, 2.75) is 0 Å². The van der Waals surface area contributed by atoms with Gasteiger partial charge in [-0.05, 0) is 24.3 Å². The van der Waals surface area contributed by atoms with Crippen LogP contribution >= 0.6 is 0 Å². The van der Waals surface area contributed by atoms with Crippen molar-refractivity contribution in [3.63, 3.8) is 0 Å². The first kappa shape index (κ1) is 17.4. The Morgan fingerprint density at radius 2 is 1.86 bits per heavy atom. The second kappa shape index (κ2) is 6.31. The Bertz CT molecular complexity index is 1340. The molecule has 9 heteroatoms. The second-order valence-corrected chi connectivity index (χ2v) is 6.15. The molecule has 0 spiro atoms. The summed E-state index contributed by atoms with van der Waals surface area (Å²) < 4.78 is 7.93. The van der Waals surface area contributed by atoms with Crippen LogP contribution in [0.15, 0.2) is 58.1 Å². The third kappa shape index (κ3) is 2.52. The van der Waals surface area contributed by atoms with Crippen LogP contribution in [0.2, 0.25) is 0 Å².